The zero-order valence-electron chi connectivity index (χ0n) is 10.2. The Balaban J connectivity index is 1.99. The van der Waals surface area contributed by atoms with Crippen LogP contribution >= 0.6 is 11.3 Å². The van der Waals surface area contributed by atoms with E-state index in [-0.39, 0.29) is 6.03 Å². The van der Waals surface area contributed by atoms with Crippen LogP contribution in [0, 0.1) is 0 Å². The summed E-state index contributed by atoms with van der Waals surface area (Å²) in [5.74, 6) is -0.912. The maximum absolute atomic E-state index is 12.2. The predicted molar refractivity (Wildman–Crippen MR) is 68.5 cm³/mol. The number of carbonyl (C=O) groups excluding carboxylic acids is 1. The summed E-state index contributed by atoms with van der Waals surface area (Å²) in [5.41, 5.74) is 0. The lowest BCUT2D eigenvalue weighted by Gasteiger charge is -2.27. The van der Waals surface area contributed by atoms with Crippen LogP contribution in [0.1, 0.15) is 17.7 Å². The molecule has 1 fully saturated rings. The first-order valence-corrected chi connectivity index (χ1v) is 6.74. The number of thiophene rings is 1. The van der Waals surface area contributed by atoms with E-state index in [4.69, 9.17) is 5.11 Å². The van der Waals surface area contributed by atoms with Crippen molar-refractivity contribution in [3.8, 4) is 0 Å². The van der Waals surface area contributed by atoms with Crippen molar-refractivity contribution in [3.05, 3.63) is 22.4 Å². The van der Waals surface area contributed by atoms with Gasteiger partial charge in [-0.2, -0.15) is 0 Å². The minimum atomic E-state index is -0.912. The van der Waals surface area contributed by atoms with Gasteiger partial charge in [0.25, 0.3) is 0 Å². The van der Waals surface area contributed by atoms with Crippen LogP contribution < -0.4 is 0 Å². The van der Waals surface area contributed by atoms with Gasteiger partial charge in [-0.1, -0.05) is 6.07 Å². The summed E-state index contributed by atoms with van der Waals surface area (Å²) in [4.78, 5) is 27.4. The van der Waals surface area contributed by atoms with Crippen molar-refractivity contribution in [3.63, 3.8) is 0 Å². The molecule has 1 aliphatic rings. The molecule has 1 N–H and O–H groups in total. The van der Waals surface area contributed by atoms with Gasteiger partial charge in [-0.3, -0.25) is 0 Å². The number of aliphatic carboxylic acids is 1. The van der Waals surface area contributed by atoms with E-state index in [9.17, 15) is 9.59 Å². The Labute approximate surface area is 110 Å². The summed E-state index contributed by atoms with van der Waals surface area (Å²) in [6.07, 6.45) is 1.31. The summed E-state index contributed by atoms with van der Waals surface area (Å²) < 4.78 is 0. The minimum Gasteiger partial charge on any atom is -0.480 e. The first kappa shape index (κ1) is 12.9. The van der Waals surface area contributed by atoms with Gasteiger partial charge in [-0.25, -0.2) is 9.59 Å². The summed E-state index contributed by atoms with van der Waals surface area (Å²) in [6.45, 7) is 1.06. The molecule has 0 spiro atoms. The quantitative estimate of drug-likeness (QED) is 0.910. The average molecular weight is 268 g/mol. The van der Waals surface area contributed by atoms with Gasteiger partial charge in [0.1, 0.15) is 6.04 Å². The molecule has 0 radical (unpaired) electrons. The molecule has 98 valence electrons. The van der Waals surface area contributed by atoms with E-state index in [0.29, 0.717) is 19.5 Å². The lowest BCUT2D eigenvalue weighted by Crippen LogP contribution is -2.46. The first-order chi connectivity index (χ1) is 8.59. The molecule has 1 aromatic rings. The van der Waals surface area contributed by atoms with E-state index in [1.54, 1.807) is 23.3 Å². The number of carboxylic acid groups (broad SMARTS) is 1. The van der Waals surface area contributed by atoms with Crippen molar-refractivity contribution in [1.82, 2.24) is 9.80 Å². The third-order valence-corrected chi connectivity index (χ3v) is 3.94. The summed E-state index contributed by atoms with van der Waals surface area (Å²) in [7, 11) is 1.71. The normalized spacial score (nSPS) is 18.9. The van der Waals surface area contributed by atoms with E-state index in [1.165, 1.54) is 4.90 Å². The van der Waals surface area contributed by atoms with Crippen molar-refractivity contribution in [2.45, 2.75) is 25.4 Å². The number of hydrogen-bond acceptors (Lipinski definition) is 3. The Morgan fingerprint density at radius 2 is 2.39 bits per heavy atom. The largest absolute Gasteiger partial charge is 0.480 e. The Kier molecular flexibility index (Phi) is 3.86. The molecule has 0 aromatic carbocycles. The molecule has 1 saturated heterocycles. The van der Waals surface area contributed by atoms with Gasteiger partial charge in [-0.05, 0) is 24.3 Å². The Bertz CT molecular complexity index is 433. The second-order valence-corrected chi connectivity index (χ2v) is 5.44. The van der Waals surface area contributed by atoms with Gasteiger partial charge in [0.15, 0.2) is 0 Å². The van der Waals surface area contributed by atoms with Crippen LogP contribution in [-0.4, -0.2) is 46.5 Å². The topological polar surface area (TPSA) is 60.9 Å². The molecule has 1 atom stereocenters. The molecule has 2 rings (SSSR count). The molecule has 0 saturated carbocycles. The number of nitrogens with zero attached hydrogens (tertiary/aromatic N) is 2. The molecule has 0 bridgehead atoms. The van der Waals surface area contributed by atoms with Crippen molar-refractivity contribution in [1.29, 1.82) is 0 Å². The van der Waals surface area contributed by atoms with Crippen LogP contribution in [-0.2, 0) is 11.3 Å². The lowest BCUT2D eigenvalue weighted by molar-refractivity contribution is -0.141. The Morgan fingerprint density at radius 1 is 1.61 bits per heavy atom. The van der Waals surface area contributed by atoms with Crippen LogP contribution in [0.5, 0.6) is 0 Å². The van der Waals surface area contributed by atoms with Crippen LogP contribution in [0.2, 0.25) is 0 Å². The molecule has 6 heteroatoms. The molecule has 0 aliphatic carbocycles. The minimum absolute atomic E-state index is 0.201. The molecule has 2 amide bonds. The van der Waals surface area contributed by atoms with E-state index >= 15 is 0 Å². The molecule has 0 unspecified atom stereocenters. The number of likely N-dealkylation sites (tertiary alicyclic amines) is 1. The van der Waals surface area contributed by atoms with Crippen LogP contribution in [0.3, 0.4) is 0 Å². The fourth-order valence-electron chi connectivity index (χ4n) is 2.18. The lowest BCUT2D eigenvalue weighted by atomic mass is 10.2. The van der Waals surface area contributed by atoms with Gasteiger partial charge in [0, 0.05) is 18.5 Å². The molecule has 1 aliphatic heterocycles. The van der Waals surface area contributed by atoms with E-state index < -0.39 is 12.0 Å². The third-order valence-electron chi connectivity index (χ3n) is 3.08. The zero-order chi connectivity index (χ0) is 13.1. The number of carboxylic acids is 1. The van der Waals surface area contributed by atoms with Crippen LogP contribution in [0.25, 0.3) is 0 Å². The smallest absolute Gasteiger partial charge is 0.326 e. The number of hydrogen-bond donors (Lipinski definition) is 1. The predicted octanol–water partition coefficient (Wildman–Crippen LogP) is 1.85. The van der Waals surface area contributed by atoms with Crippen LogP contribution in [0.4, 0.5) is 4.79 Å². The van der Waals surface area contributed by atoms with Crippen molar-refractivity contribution < 1.29 is 14.7 Å². The summed E-state index contributed by atoms with van der Waals surface area (Å²) in [5, 5.41) is 11.0. The highest BCUT2D eigenvalue weighted by atomic mass is 32.1. The highest BCUT2D eigenvalue weighted by Crippen LogP contribution is 2.20. The maximum atomic E-state index is 12.2. The van der Waals surface area contributed by atoms with Gasteiger partial charge in [-0.15, -0.1) is 11.3 Å². The van der Waals surface area contributed by atoms with Crippen molar-refractivity contribution in [2.75, 3.05) is 13.6 Å². The van der Waals surface area contributed by atoms with Crippen molar-refractivity contribution in [2.24, 2.45) is 0 Å². The molecule has 18 heavy (non-hydrogen) atoms. The second kappa shape index (κ2) is 5.39. The molecular weight excluding hydrogens is 252 g/mol. The maximum Gasteiger partial charge on any atom is 0.326 e. The third kappa shape index (κ3) is 2.64. The fourth-order valence-corrected chi connectivity index (χ4v) is 2.93. The summed E-state index contributed by atoms with van der Waals surface area (Å²) >= 11 is 1.59. The van der Waals surface area contributed by atoms with Gasteiger partial charge in [0.2, 0.25) is 0 Å². The Hall–Kier alpha value is -1.56. The molecule has 1 aromatic heterocycles. The number of rotatable bonds is 3. The Morgan fingerprint density at radius 3 is 3.00 bits per heavy atom. The van der Waals surface area contributed by atoms with Crippen LogP contribution in [0.15, 0.2) is 17.5 Å². The second-order valence-electron chi connectivity index (χ2n) is 4.41. The standard InChI is InChI=1S/C12H16N2O3S/c1-13(8-9-4-3-7-18-9)12(17)14-6-2-5-10(14)11(15)16/h3-4,7,10H,2,5-6,8H2,1H3,(H,15,16)/t10-/m0/s1. The zero-order valence-corrected chi connectivity index (χ0v) is 11.0. The molecule has 5 nitrogen and oxygen atoms in total. The van der Waals surface area contributed by atoms with Gasteiger partial charge >= 0.3 is 12.0 Å². The fraction of sp³-hybridized carbons (Fsp3) is 0.500. The number of urea groups is 1. The average Bonchev–Trinajstić information content (AvgIpc) is 2.97. The monoisotopic (exact) mass is 268 g/mol. The van der Waals surface area contributed by atoms with E-state index in [1.807, 2.05) is 17.5 Å². The first-order valence-electron chi connectivity index (χ1n) is 5.86. The number of carbonyl (C=O) groups is 2. The van der Waals surface area contributed by atoms with Gasteiger partial charge in [0.05, 0.1) is 6.54 Å². The molecule has 2 heterocycles. The van der Waals surface area contributed by atoms with Gasteiger partial charge < -0.3 is 14.9 Å². The molecular formula is C12H16N2O3S. The highest BCUT2D eigenvalue weighted by molar-refractivity contribution is 7.09. The summed E-state index contributed by atoms with van der Waals surface area (Å²) in [6, 6.07) is 3.04. The SMILES string of the molecule is CN(Cc1cccs1)C(=O)N1CCC[C@H]1C(=O)O. The number of amides is 2. The van der Waals surface area contributed by atoms with E-state index in [2.05, 4.69) is 0 Å². The van der Waals surface area contributed by atoms with Crippen molar-refractivity contribution >= 4 is 23.3 Å². The highest BCUT2D eigenvalue weighted by Gasteiger charge is 2.35. The van der Waals surface area contributed by atoms with E-state index in [0.717, 1.165) is 11.3 Å².